The minimum Gasteiger partial charge on any atom is -0.384 e. The zero-order valence-corrected chi connectivity index (χ0v) is 12.4. The van der Waals surface area contributed by atoms with E-state index in [0.717, 1.165) is 37.8 Å². The Labute approximate surface area is 119 Å². The monoisotopic (exact) mass is 277 g/mol. The maximum absolute atomic E-state index is 12.7. The van der Waals surface area contributed by atoms with E-state index in [-0.39, 0.29) is 11.3 Å². The normalized spacial score (nSPS) is 19.5. The van der Waals surface area contributed by atoms with Gasteiger partial charge in [-0.15, -0.1) is 0 Å². The number of aromatic nitrogens is 2. The van der Waals surface area contributed by atoms with E-state index in [1.807, 2.05) is 11.9 Å². The molecule has 1 heterocycles. The molecule has 1 aromatic rings. The van der Waals surface area contributed by atoms with Crippen molar-refractivity contribution in [2.24, 2.45) is 5.41 Å². The lowest BCUT2D eigenvalue weighted by Gasteiger charge is -2.42. The molecular weight excluding hydrogens is 254 g/mol. The Kier molecular flexibility index (Phi) is 3.54. The van der Waals surface area contributed by atoms with E-state index in [9.17, 15) is 4.79 Å². The van der Waals surface area contributed by atoms with E-state index in [1.165, 1.54) is 17.7 Å². The van der Waals surface area contributed by atoms with Crippen LogP contribution in [0.25, 0.3) is 0 Å². The molecule has 5 nitrogen and oxygen atoms in total. The molecule has 2 aliphatic carbocycles. The minimum absolute atomic E-state index is 0.209. The number of carbonyl (C=O) groups excluding carboxylic acids is 1. The van der Waals surface area contributed by atoms with Crippen LogP contribution in [0.1, 0.15) is 42.6 Å². The van der Waals surface area contributed by atoms with Crippen LogP contribution in [0, 0.1) is 5.41 Å². The number of nitrogens with one attached hydrogen (secondary N) is 1. The Bertz CT molecular complexity index is 505. The van der Waals surface area contributed by atoms with Crippen LogP contribution in [0.4, 0.5) is 0 Å². The van der Waals surface area contributed by atoms with Gasteiger partial charge >= 0.3 is 0 Å². The van der Waals surface area contributed by atoms with Crippen molar-refractivity contribution < 1.29 is 9.53 Å². The first-order chi connectivity index (χ1) is 9.66. The van der Waals surface area contributed by atoms with Gasteiger partial charge in [-0.25, -0.2) is 0 Å². The fourth-order valence-electron chi connectivity index (χ4n) is 3.52. The highest BCUT2D eigenvalue weighted by molar-refractivity contribution is 5.83. The molecule has 0 aliphatic heterocycles. The highest BCUT2D eigenvalue weighted by Crippen LogP contribution is 2.42. The van der Waals surface area contributed by atoms with Crippen molar-refractivity contribution >= 4 is 5.91 Å². The van der Waals surface area contributed by atoms with Crippen LogP contribution in [0.2, 0.25) is 0 Å². The number of fused-ring (bicyclic) bond motifs is 1. The average Bonchev–Trinajstić information content (AvgIpc) is 2.98. The fraction of sp³-hybridized carbons (Fsp3) is 0.733. The molecule has 0 atom stereocenters. The molecular formula is C15H23N3O2. The molecule has 1 fully saturated rings. The first kappa shape index (κ1) is 13.6. The van der Waals surface area contributed by atoms with E-state index < -0.39 is 0 Å². The first-order valence-corrected chi connectivity index (χ1v) is 7.46. The third-order valence-corrected chi connectivity index (χ3v) is 4.81. The molecule has 1 aromatic heterocycles. The summed E-state index contributed by atoms with van der Waals surface area (Å²) in [6.45, 7) is 1.14. The van der Waals surface area contributed by atoms with Crippen molar-refractivity contribution in [2.75, 3.05) is 20.8 Å². The molecule has 5 heteroatoms. The number of carbonyl (C=O) groups is 1. The SMILES string of the molecule is COCC1(C(=O)N(C)Cc2n[nH]c3c2CCC3)CCC1. The van der Waals surface area contributed by atoms with Gasteiger partial charge in [0.1, 0.15) is 0 Å². The molecule has 0 saturated heterocycles. The Morgan fingerprint density at radius 1 is 1.40 bits per heavy atom. The average molecular weight is 277 g/mol. The number of amides is 1. The number of hydrogen-bond donors (Lipinski definition) is 1. The Morgan fingerprint density at radius 2 is 2.20 bits per heavy atom. The molecule has 0 unspecified atom stereocenters. The molecule has 20 heavy (non-hydrogen) atoms. The van der Waals surface area contributed by atoms with Gasteiger partial charge in [0, 0.05) is 19.9 Å². The van der Waals surface area contributed by atoms with Gasteiger partial charge in [0.25, 0.3) is 0 Å². The van der Waals surface area contributed by atoms with Crippen molar-refractivity contribution in [1.82, 2.24) is 15.1 Å². The van der Waals surface area contributed by atoms with Gasteiger partial charge in [-0.1, -0.05) is 6.42 Å². The number of aromatic amines is 1. The summed E-state index contributed by atoms with van der Waals surface area (Å²) < 4.78 is 5.26. The second-order valence-corrected chi connectivity index (χ2v) is 6.21. The molecule has 1 saturated carbocycles. The predicted octanol–water partition coefficient (Wildman–Crippen LogP) is 1.67. The lowest BCUT2D eigenvalue weighted by Crippen LogP contribution is -2.49. The molecule has 0 spiro atoms. The van der Waals surface area contributed by atoms with Crippen LogP contribution in [-0.2, 0) is 28.9 Å². The smallest absolute Gasteiger partial charge is 0.231 e. The number of H-pyrrole nitrogens is 1. The number of methoxy groups -OCH3 is 1. The molecule has 1 N–H and O–H groups in total. The van der Waals surface area contributed by atoms with E-state index in [1.54, 1.807) is 7.11 Å². The predicted molar refractivity (Wildman–Crippen MR) is 75.2 cm³/mol. The van der Waals surface area contributed by atoms with Crippen LogP contribution < -0.4 is 0 Å². The van der Waals surface area contributed by atoms with Crippen molar-refractivity contribution in [1.29, 1.82) is 0 Å². The summed E-state index contributed by atoms with van der Waals surface area (Å²) in [6, 6.07) is 0. The van der Waals surface area contributed by atoms with Crippen molar-refractivity contribution in [3.05, 3.63) is 17.0 Å². The zero-order chi connectivity index (χ0) is 14.2. The summed E-state index contributed by atoms with van der Waals surface area (Å²) >= 11 is 0. The van der Waals surface area contributed by atoms with Gasteiger partial charge in [0.15, 0.2) is 0 Å². The van der Waals surface area contributed by atoms with Crippen molar-refractivity contribution in [2.45, 2.75) is 45.1 Å². The second-order valence-electron chi connectivity index (χ2n) is 6.21. The maximum Gasteiger partial charge on any atom is 0.231 e. The Balaban J connectivity index is 1.69. The van der Waals surface area contributed by atoms with Crippen LogP contribution in [0.15, 0.2) is 0 Å². The van der Waals surface area contributed by atoms with Crippen LogP contribution in [0.3, 0.4) is 0 Å². The molecule has 0 bridgehead atoms. The quantitative estimate of drug-likeness (QED) is 0.890. The number of hydrogen-bond acceptors (Lipinski definition) is 3. The number of ether oxygens (including phenoxy) is 1. The van der Waals surface area contributed by atoms with Gasteiger partial charge in [-0.3, -0.25) is 9.89 Å². The summed E-state index contributed by atoms with van der Waals surface area (Å²) in [5.74, 6) is 0.209. The minimum atomic E-state index is -0.275. The van der Waals surface area contributed by atoms with Crippen molar-refractivity contribution in [3.8, 4) is 0 Å². The number of aryl methyl sites for hydroxylation is 1. The van der Waals surface area contributed by atoms with Gasteiger partial charge in [-0.2, -0.15) is 5.10 Å². The van der Waals surface area contributed by atoms with E-state index in [4.69, 9.17) is 4.74 Å². The summed E-state index contributed by atoms with van der Waals surface area (Å²) in [5.41, 5.74) is 3.36. The largest absolute Gasteiger partial charge is 0.384 e. The fourth-order valence-corrected chi connectivity index (χ4v) is 3.52. The van der Waals surface area contributed by atoms with Gasteiger partial charge < -0.3 is 9.64 Å². The van der Waals surface area contributed by atoms with E-state index in [2.05, 4.69) is 10.2 Å². The molecule has 0 aromatic carbocycles. The highest BCUT2D eigenvalue weighted by atomic mass is 16.5. The molecule has 1 amide bonds. The molecule has 2 aliphatic rings. The Hall–Kier alpha value is -1.36. The molecule has 3 rings (SSSR count). The molecule has 0 radical (unpaired) electrons. The van der Waals surface area contributed by atoms with Crippen LogP contribution in [0.5, 0.6) is 0 Å². The van der Waals surface area contributed by atoms with Gasteiger partial charge in [0.05, 0.1) is 24.3 Å². The Morgan fingerprint density at radius 3 is 2.85 bits per heavy atom. The van der Waals surface area contributed by atoms with Gasteiger partial charge in [0.2, 0.25) is 5.91 Å². The lowest BCUT2D eigenvalue weighted by atomic mass is 9.68. The lowest BCUT2D eigenvalue weighted by molar-refractivity contribution is -0.151. The third kappa shape index (κ3) is 2.14. The number of nitrogens with zero attached hydrogens (tertiary/aromatic N) is 2. The van der Waals surface area contributed by atoms with E-state index in [0.29, 0.717) is 13.2 Å². The van der Waals surface area contributed by atoms with Crippen LogP contribution >= 0.6 is 0 Å². The van der Waals surface area contributed by atoms with Crippen molar-refractivity contribution in [3.63, 3.8) is 0 Å². The van der Waals surface area contributed by atoms with Crippen LogP contribution in [-0.4, -0.2) is 41.8 Å². The summed E-state index contributed by atoms with van der Waals surface area (Å²) in [6.07, 6.45) is 6.40. The summed E-state index contributed by atoms with van der Waals surface area (Å²) in [7, 11) is 3.56. The highest BCUT2D eigenvalue weighted by Gasteiger charge is 2.45. The standard InChI is InChI=1S/C15H23N3O2/c1-18(14(19)15(10-20-2)7-4-8-15)9-13-11-5-3-6-12(11)16-17-13/h3-10H2,1-2H3,(H,16,17). The van der Waals surface area contributed by atoms with E-state index >= 15 is 0 Å². The second kappa shape index (κ2) is 5.20. The topological polar surface area (TPSA) is 58.2 Å². The maximum atomic E-state index is 12.7. The summed E-state index contributed by atoms with van der Waals surface area (Å²) in [4.78, 5) is 14.5. The summed E-state index contributed by atoms with van der Waals surface area (Å²) in [5, 5.41) is 7.49. The third-order valence-electron chi connectivity index (χ3n) is 4.81. The number of rotatable bonds is 5. The molecule has 110 valence electrons. The first-order valence-electron chi connectivity index (χ1n) is 7.46. The van der Waals surface area contributed by atoms with Gasteiger partial charge in [-0.05, 0) is 37.7 Å². The zero-order valence-electron chi connectivity index (χ0n) is 12.4.